The molecule has 0 saturated carbocycles. The second-order valence-electron chi connectivity index (χ2n) is 2.91. The van der Waals surface area contributed by atoms with Crippen molar-refractivity contribution in [3.8, 4) is 0 Å². The van der Waals surface area contributed by atoms with Crippen molar-refractivity contribution in [3.63, 3.8) is 0 Å². The number of fused-ring (bicyclic) bond motifs is 1. The predicted molar refractivity (Wildman–Crippen MR) is 62.5 cm³/mol. The van der Waals surface area contributed by atoms with E-state index in [9.17, 15) is 0 Å². The first-order valence-corrected chi connectivity index (χ1v) is 5.23. The van der Waals surface area contributed by atoms with Gasteiger partial charge in [-0.05, 0) is 23.4 Å². The second kappa shape index (κ2) is 5.38. The molecular formula is C13H17N. The molecule has 14 heavy (non-hydrogen) atoms. The Morgan fingerprint density at radius 3 is 2.57 bits per heavy atom. The van der Waals surface area contributed by atoms with Gasteiger partial charge in [0.1, 0.15) is 0 Å². The van der Waals surface area contributed by atoms with Crippen LogP contribution in [0.3, 0.4) is 0 Å². The highest BCUT2D eigenvalue weighted by atomic mass is 14.6. The summed E-state index contributed by atoms with van der Waals surface area (Å²) in [6, 6.07) is 8.55. The first kappa shape index (κ1) is 10.7. The number of pyridine rings is 1. The SMILES string of the molecule is CC.CCc1ccc2cnccc2c1. The molecule has 0 spiro atoms. The zero-order valence-electron chi connectivity index (χ0n) is 9.12. The van der Waals surface area contributed by atoms with Crippen molar-refractivity contribution in [1.82, 2.24) is 4.98 Å². The summed E-state index contributed by atoms with van der Waals surface area (Å²) in [4.78, 5) is 4.07. The van der Waals surface area contributed by atoms with Crippen LogP contribution in [0.4, 0.5) is 0 Å². The first-order chi connectivity index (χ1) is 6.90. The predicted octanol–water partition coefficient (Wildman–Crippen LogP) is 3.82. The largest absolute Gasteiger partial charge is 0.264 e. The molecule has 1 heterocycles. The molecule has 0 aliphatic rings. The quantitative estimate of drug-likeness (QED) is 0.661. The molecule has 74 valence electrons. The van der Waals surface area contributed by atoms with Gasteiger partial charge in [-0.15, -0.1) is 0 Å². The van der Waals surface area contributed by atoms with Gasteiger partial charge in [-0.2, -0.15) is 0 Å². The number of rotatable bonds is 1. The maximum Gasteiger partial charge on any atom is 0.0346 e. The summed E-state index contributed by atoms with van der Waals surface area (Å²) >= 11 is 0. The zero-order chi connectivity index (χ0) is 10.4. The fourth-order valence-electron chi connectivity index (χ4n) is 1.35. The van der Waals surface area contributed by atoms with Gasteiger partial charge in [0.25, 0.3) is 0 Å². The number of aromatic nitrogens is 1. The highest BCUT2D eigenvalue weighted by Crippen LogP contribution is 2.14. The number of hydrogen-bond donors (Lipinski definition) is 0. The van der Waals surface area contributed by atoms with Crippen molar-refractivity contribution in [3.05, 3.63) is 42.2 Å². The third-order valence-corrected chi connectivity index (χ3v) is 2.11. The summed E-state index contributed by atoms with van der Waals surface area (Å²) in [7, 11) is 0. The molecule has 0 saturated heterocycles. The van der Waals surface area contributed by atoms with Crippen molar-refractivity contribution in [2.45, 2.75) is 27.2 Å². The van der Waals surface area contributed by atoms with E-state index in [-0.39, 0.29) is 0 Å². The molecule has 0 aliphatic heterocycles. The van der Waals surface area contributed by atoms with Crippen LogP contribution in [-0.2, 0) is 6.42 Å². The molecule has 0 aliphatic carbocycles. The van der Waals surface area contributed by atoms with Gasteiger partial charge >= 0.3 is 0 Å². The van der Waals surface area contributed by atoms with Crippen LogP contribution in [0.1, 0.15) is 26.3 Å². The van der Waals surface area contributed by atoms with Crippen LogP contribution in [0.15, 0.2) is 36.7 Å². The third-order valence-electron chi connectivity index (χ3n) is 2.11. The van der Waals surface area contributed by atoms with Gasteiger partial charge in [0.2, 0.25) is 0 Å². The summed E-state index contributed by atoms with van der Waals surface area (Å²) in [5.41, 5.74) is 1.38. The Bertz CT molecular complexity index is 393. The highest BCUT2D eigenvalue weighted by molar-refractivity contribution is 5.81. The van der Waals surface area contributed by atoms with Crippen LogP contribution in [0, 0.1) is 0 Å². The van der Waals surface area contributed by atoms with Crippen molar-refractivity contribution in [2.24, 2.45) is 0 Å². The number of benzene rings is 1. The van der Waals surface area contributed by atoms with Crippen molar-refractivity contribution in [2.75, 3.05) is 0 Å². The van der Waals surface area contributed by atoms with Gasteiger partial charge in [0.15, 0.2) is 0 Å². The van der Waals surface area contributed by atoms with Crippen LogP contribution in [-0.4, -0.2) is 4.98 Å². The van der Waals surface area contributed by atoms with E-state index in [2.05, 4.69) is 36.2 Å². The van der Waals surface area contributed by atoms with Crippen molar-refractivity contribution in [1.29, 1.82) is 0 Å². The fraction of sp³-hybridized carbons (Fsp3) is 0.308. The number of aryl methyl sites for hydroxylation is 1. The maximum absolute atomic E-state index is 4.07. The fourth-order valence-corrected chi connectivity index (χ4v) is 1.35. The summed E-state index contributed by atoms with van der Waals surface area (Å²) in [6.07, 6.45) is 4.83. The van der Waals surface area contributed by atoms with Gasteiger partial charge in [-0.3, -0.25) is 4.98 Å². The molecule has 2 rings (SSSR count). The lowest BCUT2D eigenvalue weighted by atomic mass is 10.1. The van der Waals surface area contributed by atoms with Crippen LogP contribution >= 0.6 is 0 Å². The Kier molecular flexibility index (Phi) is 4.11. The second-order valence-corrected chi connectivity index (χ2v) is 2.91. The minimum Gasteiger partial charge on any atom is -0.264 e. The number of nitrogens with zero attached hydrogens (tertiary/aromatic N) is 1. The van der Waals surface area contributed by atoms with Crippen LogP contribution in [0.25, 0.3) is 10.8 Å². The lowest BCUT2D eigenvalue weighted by Gasteiger charge is -1.99. The molecular weight excluding hydrogens is 170 g/mol. The average Bonchev–Trinajstić information content (AvgIpc) is 2.31. The Hall–Kier alpha value is -1.37. The van der Waals surface area contributed by atoms with Crippen LogP contribution in [0.5, 0.6) is 0 Å². The highest BCUT2D eigenvalue weighted by Gasteiger charge is 1.92. The molecule has 0 bridgehead atoms. The van der Waals surface area contributed by atoms with Gasteiger partial charge in [-0.25, -0.2) is 0 Å². The van der Waals surface area contributed by atoms with E-state index in [1.165, 1.54) is 16.3 Å². The first-order valence-electron chi connectivity index (χ1n) is 5.23. The maximum atomic E-state index is 4.07. The summed E-state index contributed by atoms with van der Waals surface area (Å²) < 4.78 is 0. The van der Waals surface area contributed by atoms with E-state index < -0.39 is 0 Å². The van der Waals surface area contributed by atoms with Gasteiger partial charge in [-0.1, -0.05) is 39.0 Å². The molecule has 0 radical (unpaired) electrons. The average molecular weight is 187 g/mol. The lowest BCUT2D eigenvalue weighted by Crippen LogP contribution is -1.80. The Morgan fingerprint density at radius 1 is 1.07 bits per heavy atom. The van der Waals surface area contributed by atoms with Crippen molar-refractivity contribution < 1.29 is 0 Å². The Labute approximate surface area is 85.8 Å². The topological polar surface area (TPSA) is 12.9 Å². The van der Waals surface area contributed by atoms with Gasteiger partial charge < -0.3 is 0 Å². The number of hydrogen-bond acceptors (Lipinski definition) is 1. The smallest absolute Gasteiger partial charge is 0.0346 e. The molecule has 0 unspecified atom stereocenters. The van der Waals surface area contributed by atoms with Gasteiger partial charge in [0.05, 0.1) is 0 Å². The summed E-state index contributed by atoms with van der Waals surface area (Å²) in [5.74, 6) is 0. The molecule has 0 amide bonds. The van der Waals surface area contributed by atoms with Crippen LogP contribution < -0.4 is 0 Å². The molecule has 1 nitrogen and oxygen atoms in total. The Balaban J connectivity index is 0.000000461. The van der Waals surface area contributed by atoms with Crippen molar-refractivity contribution >= 4 is 10.8 Å². The van der Waals surface area contributed by atoms with E-state index in [0.717, 1.165) is 6.42 Å². The summed E-state index contributed by atoms with van der Waals surface area (Å²) in [5, 5.41) is 2.50. The lowest BCUT2D eigenvalue weighted by molar-refractivity contribution is 1.15. The normalized spacial score (nSPS) is 9.36. The van der Waals surface area contributed by atoms with Crippen LogP contribution in [0.2, 0.25) is 0 Å². The van der Waals surface area contributed by atoms with E-state index in [4.69, 9.17) is 0 Å². The molecule has 1 aromatic carbocycles. The molecule has 1 heteroatoms. The van der Waals surface area contributed by atoms with Gasteiger partial charge in [0, 0.05) is 17.8 Å². The minimum absolute atomic E-state index is 1.10. The molecule has 0 N–H and O–H groups in total. The van der Waals surface area contributed by atoms with E-state index in [1.807, 2.05) is 26.2 Å². The van der Waals surface area contributed by atoms with E-state index >= 15 is 0 Å². The van der Waals surface area contributed by atoms with E-state index in [1.54, 1.807) is 0 Å². The molecule has 0 atom stereocenters. The monoisotopic (exact) mass is 187 g/mol. The standard InChI is InChI=1S/C11H11N.C2H6/c1-2-9-3-4-11-8-12-6-5-10(11)7-9;1-2/h3-8H,2H2,1H3;1-2H3. The molecule has 0 fully saturated rings. The molecule has 2 aromatic rings. The molecule has 1 aromatic heterocycles. The summed E-state index contributed by atoms with van der Waals surface area (Å²) in [6.45, 7) is 6.17. The zero-order valence-corrected chi connectivity index (χ0v) is 9.12. The third kappa shape index (κ3) is 2.32. The minimum atomic E-state index is 1.10. The van der Waals surface area contributed by atoms with E-state index in [0.29, 0.717) is 0 Å². The Morgan fingerprint density at radius 2 is 1.86 bits per heavy atom.